The summed E-state index contributed by atoms with van der Waals surface area (Å²) in [6.45, 7) is 0. The van der Waals surface area contributed by atoms with Gasteiger partial charge in [-0.05, 0) is 63.2 Å². The molecule has 0 spiro atoms. The molecule has 0 bridgehead atoms. The highest BCUT2D eigenvalue weighted by molar-refractivity contribution is 5.79. The predicted octanol–water partition coefficient (Wildman–Crippen LogP) is 4.79. The largest absolute Gasteiger partial charge is 0.381 e. The third-order valence-electron chi connectivity index (χ3n) is 7.31. The van der Waals surface area contributed by atoms with E-state index in [0.29, 0.717) is 18.1 Å². The molecule has 3 nitrogen and oxygen atoms in total. The number of carbonyl (C=O) groups is 1. The van der Waals surface area contributed by atoms with E-state index < -0.39 is 0 Å². The van der Waals surface area contributed by atoms with Crippen LogP contribution in [0.4, 0.5) is 0 Å². The SMILES string of the molecule is COC1CCC(C(=O)N(C)C2CCC(C3CCCCC3)CC2)CC1. The van der Waals surface area contributed by atoms with Gasteiger partial charge in [-0.1, -0.05) is 32.1 Å². The first kappa shape index (κ1) is 18.2. The van der Waals surface area contributed by atoms with Crippen molar-refractivity contribution in [3.63, 3.8) is 0 Å². The third-order valence-corrected chi connectivity index (χ3v) is 7.31. The Labute approximate surface area is 148 Å². The number of nitrogens with zero attached hydrogens (tertiary/aromatic N) is 1. The Hall–Kier alpha value is -0.570. The smallest absolute Gasteiger partial charge is 0.225 e. The molecule has 3 fully saturated rings. The second kappa shape index (κ2) is 8.69. The first-order chi connectivity index (χ1) is 11.7. The molecule has 138 valence electrons. The summed E-state index contributed by atoms with van der Waals surface area (Å²) in [5, 5.41) is 0. The van der Waals surface area contributed by atoms with Crippen LogP contribution in [0.2, 0.25) is 0 Å². The number of ether oxygens (including phenoxy) is 1. The second-order valence-electron chi connectivity index (χ2n) is 8.63. The van der Waals surface area contributed by atoms with Gasteiger partial charge in [-0.15, -0.1) is 0 Å². The highest BCUT2D eigenvalue weighted by Crippen LogP contribution is 2.39. The quantitative estimate of drug-likeness (QED) is 0.739. The molecule has 0 aromatic heterocycles. The van der Waals surface area contributed by atoms with E-state index in [9.17, 15) is 4.79 Å². The highest BCUT2D eigenvalue weighted by atomic mass is 16.5. The summed E-state index contributed by atoms with van der Waals surface area (Å²) in [4.78, 5) is 15.0. The van der Waals surface area contributed by atoms with Crippen molar-refractivity contribution in [3.8, 4) is 0 Å². The summed E-state index contributed by atoms with van der Waals surface area (Å²) in [5.41, 5.74) is 0. The highest BCUT2D eigenvalue weighted by Gasteiger charge is 2.34. The van der Waals surface area contributed by atoms with E-state index in [4.69, 9.17) is 4.74 Å². The van der Waals surface area contributed by atoms with Gasteiger partial charge in [-0.25, -0.2) is 0 Å². The first-order valence-corrected chi connectivity index (χ1v) is 10.5. The zero-order valence-corrected chi connectivity index (χ0v) is 15.8. The van der Waals surface area contributed by atoms with Gasteiger partial charge < -0.3 is 9.64 Å². The molecule has 0 unspecified atom stereocenters. The van der Waals surface area contributed by atoms with Crippen LogP contribution in [0.15, 0.2) is 0 Å². The molecule has 3 rings (SSSR count). The third kappa shape index (κ3) is 4.33. The van der Waals surface area contributed by atoms with Gasteiger partial charge in [0, 0.05) is 26.1 Å². The van der Waals surface area contributed by atoms with Crippen LogP contribution in [0.25, 0.3) is 0 Å². The van der Waals surface area contributed by atoms with Crippen molar-refractivity contribution in [1.29, 1.82) is 0 Å². The summed E-state index contributed by atoms with van der Waals surface area (Å²) in [5.74, 6) is 2.59. The van der Waals surface area contributed by atoms with Crippen molar-refractivity contribution in [2.24, 2.45) is 17.8 Å². The normalized spacial score (nSPS) is 35.6. The van der Waals surface area contributed by atoms with Crippen molar-refractivity contribution >= 4 is 5.91 Å². The van der Waals surface area contributed by atoms with Crippen LogP contribution in [0.1, 0.15) is 83.5 Å². The summed E-state index contributed by atoms with van der Waals surface area (Å²) in [6.07, 6.45) is 17.0. The Balaban J connectivity index is 1.44. The molecule has 0 N–H and O–H groups in total. The topological polar surface area (TPSA) is 29.5 Å². The van der Waals surface area contributed by atoms with Crippen LogP contribution in [-0.2, 0) is 9.53 Å². The first-order valence-electron chi connectivity index (χ1n) is 10.5. The monoisotopic (exact) mass is 335 g/mol. The minimum atomic E-state index is 0.248. The van der Waals surface area contributed by atoms with Crippen LogP contribution in [0.5, 0.6) is 0 Å². The summed E-state index contributed by atoms with van der Waals surface area (Å²) in [6, 6.07) is 0.498. The van der Waals surface area contributed by atoms with E-state index in [1.54, 1.807) is 7.11 Å². The Morgan fingerprint density at radius 2 is 1.38 bits per heavy atom. The van der Waals surface area contributed by atoms with Gasteiger partial charge >= 0.3 is 0 Å². The number of methoxy groups -OCH3 is 1. The molecule has 24 heavy (non-hydrogen) atoms. The molecule has 0 aromatic carbocycles. The van der Waals surface area contributed by atoms with Gasteiger partial charge in [0.2, 0.25) is 5.91 Å². The molecule has 0 saturated heterocycles. The van der Waals surface area contributed by atoms with Crippen molar-refractivity contribution in [2.75, 3.05) is 14.2 Å². The lowest BCUT2D eigenvalue weighted by Crippen LogP contribution is -2.44. The van der Waals surface area contributed by atoms with E-state index in [-0.39, 0.29) is 5.92 Å². The molecule has 0 atom stereocenters. The van der Waals surface area contributed by atoms with Gasteiger partial charge in [0.05, 0.1) is 6.10 Å². The van der Waals surface area contributed by atoms with Crippen molar-refractivity contribution in [1.82, 2.24) is 4.90 Å². The number of rotatable bonds is 4. The minimum Gasteiger partial charge on any atom is -0.381 e. The zero-order valence-electron chi connectivity index (χ0n) is 15.8. The maximum Gasteiger partial charge on any atom is 0.225 e. The minimum absolute atomic E-state index is 0.248. The average molecular weight is 336 g/mol. The van der Waals surface area contributed by atoms with Gasteiger partial charge in [0.1, 0.15) is 0 Å². The van der Waals surface area contributed by atoms with Gasteiger partial charge in [0.15, 0.2) is 0 Å². The number of carbonyl (C=O) groups excluding carboxylic acids is 1. The Bertz CT molecular complexity index is 389. The zero-order chi connectivity index (χ0) is 16.9. The maximum absolute atomic E-state index is 12.9. The molecule has 0 aliphatic heterocycles. The van der Waals surface area contributed by atoms with Crippen LogP contribution in [-0.4, -0.2) is 37.1 Å². The molecular formula is C21H37NO2. The fourth-order valence-corrected chi connectivity index (χ4v) is 5.58. The van der Waals surface area contributed by atoms with Crippen LogP contribution in [0, 0.1) is 17.8 Å². The van der Waals surface area contributed by atoms with Crippen LogP contribution in [0.3, 0.4) is 0 Å². The van der Waals surface area contributed by atoms with Crippen molar-refractivity contribution < 1.29 is 9.53 Å². The number of hydrogen-bond acceptors (Lipinski definition) is 2. The maximum atomic E-state index is 12.9. The second-order valence-corrected chi connectivity index (χ2v) is 8.63. The standard InChI is InChI=1S/C21H37NO2/c1-22(21(23)18-10-14-20(24-2)15-11-18)19-12-8-17(9-13-19)16-6-4-3-5-7-16/h16-20H,3-15H2,1-2H3. The molecule has 3 heteroatoms. The van der Waals surface area contributed by atoms with Crippen molar-refractivity contribution in [3.05, 3.63) is 0 Å². The molecule has 3 aliphatic rings. The Morgan fingerprint density at radius 3 is 1.96 bits per heavy atom. The van der Waals surface area contributed by atoms with Gasteiger partial charge in [-0.3, -0.25) is 4.79 Å². The number of hydrogen-bond donors (Lipinski definition) is 0. The molecule has 0 aromatic rings. The average Bonchev–Trinajstić information content (AvgIpc) is 2.68. The lowest BCUT2D eigenvalue weighted by Gasteiger charge is -2.40. The van der Waals surface area contributed by atoms with E-state index in [1.807, 2.05) is 0 Å². The summed E-state index contributed by atoms with van der Waals surface area (Å²) in [7, 11) is 3.86. The Kier molecular flexibility index (Phi) is 6.60. The predicted molar refractivity (Wildman–Crippen MR) is 97.8 cm³/mol. The lowest BCUT2D eigenvalue weighted by atomic mass is 9.72. The van der Waals surface area contributed by atoms with E-state index in [0.717, 1.165) is 37.5 Å². The van der Waals surface area contributed by atoms with Crippen LogP contribution >= 0.6 is 0 Å². The van der Waals surface area contributed by atoms with Crippen molar-refractivity contribution in [2.45, 2.75) is 95.6 Å². The molecule has 0 heterocycles. The number of amides is 1. The molecule has 0 radical (unpaired) electrons. The van der Waals surface area contributed by atoms with Gasteiger partial charge in [-0.2, -0.15) is 0 Å². The fourth-order valence-electron chi connectivity index (χ4n) is 5.58. The lowest BCUT2D eigenvalue weighted by molar-refractivity contribution is -0.139. The van der Waals surface area contributed by atoms with E-state index in [2.05, 4.69) is 11.9 Å². The molecule has 3 saturated carbocycles. The van der Waals surface area contributed by atoms with E-state index in [1.165, 1.54) is 57.8 Å². The van der Waals surface area contributed by atoms with Crippen LogP contribution < -0.4 is 0 Å². The summed E-state index contributed by atoms with van der Waals surface area (Å²) < 4.78 is 5.44. The summed E-state index contributed by atoms with van der Waals surface area (Å²) >= 11 is 0. The molecule has 3 aliphatic carbocycles. The molecular weight excluding hydrogens is 298 g/mol. The Morgan fingerprint density at radius 1 is 0.792 bits per heavy atom. The fraction of sp³-hybridized carbons (Fsp3) is 0.952. The van der Waals surface area contributed by atoms with Gasteiger partial charge in [0.25, 0.3) is 0 Å². The molecule has 1 amide bonds. The van der Waals surface area contributed by atoms with E-state index >= 15 is 0 Å².